The Hall–Kier alpha value is -3.86. The third-order valence-corrected chi connectivity index (χ3v) is 4.89. The first-order valence-electron chi connectivity index (χ1n) is 9.63. The second-order valence-corrected chi connectivity index (χ2v) is 7.11. The molecule has 1 amide bonds. The SMILES string of the molecule is Cc1ccc(NC(=O)COc2ccc3c(-c4ccccc4)cc(=O)oc3c2C)cc1. The van der Waals surface area contributed by atoms with Crippen LogP contribution in [0.3, 0.4) is 0 Å². The zero-order chi connectivity index (χ0) is 21.1. The number of carbonyl (C=O) groups is 1. The van der Waals surface area contributed by atoms with E-state index in [0.29, 0.717) is 22.6 Å². The fourth-order valence-electron chi connectivity index (χ4n) is 3.33. The highest BCUT2D eigenvalue weighted by Crippen LogP contribution is 2.33. The molecular formula is C25H21NO4. The number of aryl methyl sites for hydroxylation is 2. The highest BCUT2D eigenvalue weighted by Gasteiger charge is 2.14. The lowest BCUT2D eigenvalue weighted by Gasteiger charge is -2.13. The third-order valence-electron chi connectivity index (χ3n) is 4.89. The summed E-state index contributed by atoms with van der Waals surface area (Å²) in [6.07, 6.45) is 0. The van der Waals surface area contributed by atoms with Crippen LogP contribution in [0.15, 0.2) is 82.0 Å². The van der Waals surface area contributed by atoms with Gasteiger partial charge in [-0.3, -0.25) is 4.79 Å². The van der Waals surface area contributed by atoms with Gasteiger partial charge in [0.1, 0.15) is 11.3 Å². The van der Waals surface area contributed by atoms with E-state index in [4.69, 9.17) is 9.15 Å². The summed E-state index contributed by atoms with van der Waals surface area (Å²) in [5, 5.41) is 3.61. The molecule has 150 valence electrons. The molecule has 0 unspecified atom stereocenters. The molecule has 0 aliphatic carbocycles. The smallest absolute Gasteiger partial charge is 0.336 e. The van der Waals surface area contributed by atoms with Gasteiger partial charge in [-0.15, -0.1) is 0 Å². The number of rotatable bonds is 5. The zero-order valence-electron chi connectivity index (χ0n) is 16.8. The molecule has 1 aromatic heterocycles. The van der Waals surface area contributed by atoms with E-state index in [9.17, 15) is 9.59 Å². The fraction of sp³-hybridized carbons (Fsp3) is 0.120. The van der Waals surface area contributed by atoms with Gasteiger partial charge in [0, 0.05) is 22.7 Å². The Kier molecular flexibility index (Phi) is 5.35. The molecule has 1 N–H and O–H groups in total. The number of ether oxygens (including phenoxy) is 1. The Morgan fingerprint density at radius 1 is 0.967 bits per heavy atom. The summed E-state index contributed by atoms with van der Waals surface area (Å²) in [7, 11) is 0. The Labute approximate surface area is 173 Å². The minimum atomic E-state index is -0.432. The molecule has 0 saturated carbocycles. The summed E-state index contributed by atoms with van der Waals surface area (Å²) in [6, 6.07) is 22.3. The predicted octanol–water partition coefficient (Wildman–Crippen LogP) is 5.09. The highest BCUT2D eigenvalue weighted by molar-refractivity contribution is 5.96. The van der Waals surface area contributed by atoms with Gasteiger partial charge >= 0.3 is 5.63 Å². The average molecular weight is 399 g/mol. The number of benzene rings is 3. The summed E-state index contributed by atoms with van der Waals surface area (Å²) in [4.78, 5) is 24.4. The molecule has 4 rings (SSSR count). The van der Waals surface area contributed by atoms with E-state index in [1.807, 2.05) is 74.5 Å². The molecule has 3 aromatic carbocycles. The Bertz CT molecular complexity index is 1260. The predicted molar refractivity (Wildman–Crippen MR) is 118 cm³/mol. The molecule has 0 aliphatic rings. The summed E-state index contributed by atoms with van der Waals surface area (Å²) >= 11 is 0. The minimum Gasteiger partial charge on any atom is -0.483 e. The van der Waals surface area contributed by atoms with Crippen molar-refractivity contribution in [2.24, 2.45) is 0 Å². The summed E-state index contributed by atoms with van der Waals surface area (Å²) in [5.41, 5.74) is 4.26. The molecule has 5 heteroatoms. The van der Waals surface area contributed by atoms with Crippen LogP contribution in [0.25, 0.3) is 22.1 Å². The van der Waals surface area contributed by atoms with Crippen LogP contribution in [0.1, 0.15) is 11.1 Å². The van der Waals surface area contributed by atoms with Gasteiger partial charge in [-0.05, 0) is 49.2 Å². The van der Waals surface area contributed by atoms with Gasteiger partial charge in [-0.25, -0.2) is 4.79 Å². The van der Waals surface area contributed by atoms with Crippen molar-refractivity contribution >= 4 is 22.6 Å². The molecular weight excluding hydrogens is 378 g/mol. The fourth-order valence-corrected chi connectivity index (χ4v) is 3.33. The third kappa shape index (κ3) is 4.10. The molecule has 0 atom stereocenters. The standard InChI is InChI=1S/C25H21NO4/c1-16-8-10-19(11-9-16)26-23(27)15-29-22-13-12-20-21(18-6-4-3-5-7-18)14-24(28)30-25(20)17(22)2/h3-14H,15H2,1-2H3,(H,26,27). The van der Waals surface area contributed by atoms with Crippen LogP contribution in [-0.2, 0) is 4.79 Å². The topological polar surface area (TPSA) is 68.5 Å². The Morgan fingerprint density at radius 3 is 2.43 bits per heavy atom. The second-order valence-electron chi connectivity index (χ2n) is 7.11. The van der Waals surface area contributed by atoms with Crippen LogP contribution < -0.4 is 15.7 Å². The number of hydrogen-bond acceptors (Lipinski definition) is 4. The quantitative estimate of drug-likeness (QED) is 0.475. The van der Waals surface area contributed by atoms with Crippen molar-refractivity contribution in [1.82, 2.24) is 0 Å². The second kappa shape index (κ2) is 8.25. The zero-order valence-corrected chi connectivity index (χ0v) is 16.8. The largest absolute Gasteiger partial charge is 0.483 e. The van der Waals surface area contributed by atoms with Gasteiger partial charge in [0.2, 0.25) is 0 Å². The summed E-state index contributed by atoms with van der Waals surface area (Å²) in [5.74, 6) is 0.229. The molecule has 0 radical (unpaired) electrons. The van der Waals surface area contributed by atoms with Gasteiger partial charge in [0.25, 0.3) is 5.91 Å². The van der Waals surface area contributed by atoms with E-state index in [0.717, 1.165) is 22.1 Å². The van der Waals surface area contributed by atoms with Crippen LogP contribution in [0.5, 0.6) is 5.75 Å². The lowest BCUT2D eigenvalue weighted by Crippen LogP contribution is -2.20. The highest BCUT2D eigenvalue weighted by atomic mass is 16.5. The van der Waals surface area contributed by atoms with Crippen molar-refractivity contribution in [3.63, 3.8) is 0 Å². The van der Waals surface area contributed by atoms with Crippen LogP contribution in [0.2, 0.25) is 0 Å². The maximum Gasteiger partial charge on any atom is 0.336 e. The first kappa shape index (κ1) is 19.5. The van der Waals surface area contributed by atoms with E-state index in [2.05, 4.69) is 5.32 Å². The lowest BCUT2D eigenvalue weighted by molar-refractivity contribution is -0.118. The molecule has 30 heavy (non-hydrogen) atoms. The first-order chi connectivity index (χ1) is 14.5. The van der Waals surface area contributed by atoms with Crippen molar-refractivity contribution in [2.45, 2.75) is 13.8 Å². The van der Waals surface area contributed by atoms with Crippen LogP contribution in [0, 0.1) is 13.8 Å². The minimum absolute atomic E-state index is 0.150. The number of hydrogen-bond donors (Lipinski definition) is 1. The average Bonchev–Trinajstić information content (AvgIpc) is 2.75. The number of fused-ring (bicyclic) bond motifs is 1. The monoisotopic (exact) mass is 399 g/mol. The van der Waals surface area contributed by atoms with Crippen molar-refractivity contribution in [1.29, 1.82) is 0 Å². The maximum absolute atomic E-state index is 12.2. The Balaban J connectivity index is 1.58. The molecule has 1 heterocycles. The van der Waals surface area contributed by atoms with Gasteiger partial charge in [-0.1, -0.05) is 48.0 Å². The maximum atomic E-state index is 12.2. The number of amides is 1. The Morgan fingerprint density at radius 2 is 1.70 bits per heavy atom. The van der Waals surface area contributed by atoms with Gasteiger partial charge < -0.3 is 14.5 Å². The lowest BCUT2D eigenvalue weighted by atomic mass is 10.0. The van der Waals surface area contributed by atoms with Crippen molar-refractivity contribution in [3.8, 4) is 16.9 Å². The van der Waals surface area contributed by atoms with Crippen molar-refractivity contribution < 1.29 is 13.9 Å². The normalized spacial score (nSPS) is 10.7. The molecule has 0 saturated heterocycles. The number of carbonyl (C=O) groups excluding carboxylic acids is 1. The number of anilines is 1. The first-order valence-corrected chi connectivity index (χ1v) is 9.63. The van der Waals surface area contributed by atoms with E-state index in [1.54, 1.807) is 6.07 Å². The van der Waals surface area contributed by atoms with E-state index < -0.39 is 5.63 Å². The van der Waals surface area contributed by atoms with E-state index in [-0.39, 0.29) is 12.5 Å². The van der Waals surface area contributed by atoms with Gasteiger partial charge in [0.05, 0.1) is 0 Å². The van der Waals surface area contributed by atoms with Crippen molar-refractivity contribution in [3.05, 3.63) is 94.3 Å². The number of nitrogens with one attached hydrogen (secondary N) is 1. The van der Waals surface area contributed by atoms with Gasteiger partial charge in [0.15, 0.2) is 6.61 Å². The van der Waals surface area contributed by atoms with E-state index >= 15 is 0 Å². The van der Waals surface area contributed by atoms with Crippen molar-refractivity contribution in [2.75, 3.05) is 11.9 Å². The molecule has 4 aromatic rings. The van der Waals surface area contributed by atoms with Crippen LogP contribution in [-0.4, -0.2) is 12.5 Å². The van der Waals surface area contributed by atoms with E-state index in [1.165, 1.54) is 6.07 Å². The molecule has 0 fully saturated rings. The molecule has 0 aliphatic heterocycles. The van der Waals surface area contributed by atoms with Crippen LogP contribution in [0.4, 0.5) is 5.69 Å². The summed E-state index contributed by atoms with van der Waals surface area (Å²) < 4.78 is 11.2. The van der Waals surface area contributed by atoms with Gasteiger partial charge in [-0.2, -0.15) is 0 Å². The molecule has 0 bridgehead atoms. The van der Waals surface area contributed by atoms with Crippen LogP contribution >= 0.6 is 0 Å². The molecule has 0 spiro atoms. The molecule has 5 nitrogen and oxygen atoms in total. The summed E-state index contributed by atoms with van der Waals surface area (Å²) in [6.45, 7) is 3.65.